The zero-order valence-corrected chi connectivity index (χ0v) is 7.93. The van der Waals surface area contributed by atoms with Crippen molar-refractivity contribution >= 4 is 12.6 Å². The van der Waals surface area contributed by atoms with Crippen molar-refractivity contribution in [1.29, 1.82) is 0 Å². The van der Waals surface area contributed by atoms with E-state index in [0.29, 0.717) is 0 Å². The van der Waals surface area contributed by atoms with Crippen molar-refractivity contribution in [3.63, 3.8) is 0 Å². The van der Waals surface area contributed by atoms with E-state index in [-0.39, 0.29) is 0 Å². The van der Waals surface area contributed by atoms with Crippen LogP contribution >= 0.6 is 12.6 Å². The molecular formula is C10H16S. The third-order valence-electron chi connectivity index (χ3n) is 1.18. The summed E-state index contributed by atoms with van der Waals surface area (Å²) in [6.45, 7) is 2.16. The molecule has 0 radical (unpaired) electrons. The highest BCUT2D eigenvalue weighted by atomic mass is 32.1. The molecule has 0 saturated heterocycles. The standard InChI is InChI=1S/C6H6.C4H10S/c1-2-4-6-5-3-1;1-2-3-4-5/h1-6H;5H,2-4H2,1H3. The first kappa shape index (κ1) is 10.6. The zero-order chi connectivity index (χ0) is 8.36. The lowest BCUT2D eigenvalue weighted by atomic mass is 10.4. The van der Waals surface area contributed by atoms with Crippen molar-refractivity contribution in [2.75, 3.05) is 5.75 Å². The van der Waals surface area contributed by atoms with E-state index in [1.54, 1.807) is 0 Å². The second kappa shape index (κ2) is 9.57. The van der Waals surface area contributed by atoms with Crippen LogP contribution in [0.1, 0.15) is 19.8 Å². The predicted molar refractivity (Wildman–Crippen MR) is 55.2 cm³/mol. The number of hydrogen-bond donors (Lipinski definition) is 1. The van der Waals surface area contributed by atoms with E-state index >= 15 is 0 Å². The summed E-state index contributed by atoms with van der Waals surface area (Å²) >= 11 is 4.00. The Bertz CT molecular complexity index is 108. The molecule has 0 amide bonds. The van der Waals surface area contributed by atoms with Gasteiger partial charge >= 0.3 is 0 Å². The van der Waals surface area contributed by atoms with Crippen LogP contribution in [0.5, 0.6) is 0 Å². The smallest absolute Gasteiger partial charge is 0.00980 e. The van der Waals surface area contributed by atoms with Crippen molar-refractivity contribution in [3.05, 3.63) is 36.4 Å². The summed E-state index contributed by atoms with van der Waals surface area (Å²) in [7, 11) is 0. The molecule has 0 aliphatic carbocycles. The fourth-order valence-electron chi connectivity index (χ4n) is 0.543. The summed E-state index contributed by atoms with van der Waals surface area (Å²) < 4.78 is 0. The third-order valence-corrected chi connectivity index (χ3v) is 1.49. The lowest BCUT2D eigenvalue weighted by molar-refractivity contribution is 0.899. The summed E-state index contributed by atoms with van der Waals surface area (Å²) in [5.74, 6) is 1.04. The zero-order valence-electron chi connectivity index (χ0n) is 7.03. The van der Waals surface area contributed by atoms with Crippen LogP contribution in [-0.4, -0.2) is 5.75 Å². The highest BCUT2D eigenvalue weighted by Crippen LogP contribution is 1.85. The van der Waals surface area contributed by atoms with Gasteiger partial charge in [0.25, 0.3) is 0 Å². The first-order chi connectivity index (χ1) is 5.41. The second-order valence-electron chi connectivity index (χ2n) is 2.23. The molecule has 0 aromatic heterocycles. The largest absolute Gasteiger partial charge is 0.179 e. The molecular weight excluding hydrogens is 152 g/mol. The van der Waals surface area contributed by atoms with Crippen LogP contribution in [0.3, 0.4) is 0 Å². The molecule has 0 N–H and O–H groups in total. The molecule has 0 nitrogen and oxygen atoms in total. The van der Waals surface area contributed by atoms with Crippen molar-refractivity contribution < 1.29 is 0 Å². The van der Waals surface area contributed by atoms with E-state index < -0.39 is 0 Å². The number of hydrogen-bond acceptors (Lipinski definition) is 1. The molecule has 0 aliphatic rings. The second-order valence-corrected chi connectivity index (χ2v) is 2.68. The summed E-state index contributed by atoms with van der Waals surface area (Å²) in [6.07, 6.45) is 2.52. The molecule has 0 bridgehead atoms. The maximum absolute atomic E-state index is 4.00. The molecule has 0 aliphatic heterocycles. The van der Waals surface area contributed by atoms with Crippen LogP contribution in [0.4, 0.5) is 0 Å². The monoisotopic (exact) mass is 168 g/mol. The molecule has 1 heteroatoms. The summed E-state index contributed by atoms with van der Waals surface area (Å²) in [4.78, 5) is 0. The van der Waals surface area contributed by atoms with Crippen LogP contribution in [0, 0.1) is 0 Å². The van der Waals surface area contributed by atoms with Crippen molar-refractivity contribution in [2.45, 2.75) is 19.8 Å². The van der Waals surface area contributed by atoms with Crippen LogP contribution in [-0.2, 0) is 0 Å². The number of benzene rings is 1. The predicted octanol–water partition coefficient (Wildman–Crippen LogP) is 3.40. The summed E-state index contributed by atoms with van der Waals surface area (Å²) in [5, 5.41) is 0. The fourth-order valence-corrected chi connectivity index (χ4v) is 0.859. The van der Waals surface area contributed by atoms with E-state index in [9.17, 15) is 0 Å². The fraction of sp³-hybridized carbons (Fsp3) is 0.400. The SMILES string of the molecule is CCCCS.c1ccccc1. The number of unbranched alkanes of at least 4 members (excludes halogenated alkanes) is 1. The molecule has 62 valence electrons. The molecule has 0 fully saturated rings. The highest BCUT2D eigenvalue weighted by molar-refractivity contribution is 7.80. The van der Waals surface area contributed by atoms with Crippen molar-refractivity contribution in [2.24, 2.45) is 0 Å². The van der Waals surface area contributed by atoms with Gasteiger partial charge in [-0.2, -0.15) is 12.6 Å². The van der Waals surface area contributed by atoms with E-state index in [1.165, 1.54) is 12.8 Å². The van der Waals surface area contributed by atoms with Gasteiger partial charge in [-0.25, -0.2) is 0 Å². The Morgan fingerprint density at radius 3 is 1.36 bits per heavy atom. The first-order valence-electron chi connectivity index (χ1n) is 4.02. The van der Waals surface area contributed by atoms with Gasteiger partial charge in [0, 0.05) is 0 Å². The highest BCUT2D eigenvalue weighted by Gasteiger charge is 1.68. The number of rotatable bonds is 2. The van der Waals surface area contributed by atoms with E-state index in [4.69, 9.17) is 0 Å². The van der Waals surface area contributed by atoms with Crippen molar-refractivity contribution in [3.8, 4) is 0 Å². The van der Waals surface area contributed by atoms with Gasteiger partial charge in [-0.15, -0.1) is 0 Å². The first-order valence-corrected chi connectivity index (χ1v) is 4.66. The minimum absolute atomic E-state index is 1.04. The normalized spacial score (nSPS) is 8.18. The van der Waals surface area contributed by atoms with Crippen LogP contribution in [0.2, 0.25) is 0 Å². The minimum atomic E-state index is 1.04. The van der Waals surface area contributed by atoms with Crippen LogP contribution in [0.25, 0.3) is 0 Å². The molecule has 11 heavy (non-hydrogen) atoms. The summed E-state index contributed by atoms with van der Waals surface area (Å²) in [5.41, 5.74) is 0. The minimum Gasteiger partial charge on any atom is -0.179 e. The topological polar surface area (TPSA) is 0 Å². The lowest BCUT2D eigenvalue weighted by Gasteiger charge is -1.78. The Kier molecular flexibility index (Phi) is 9.20. The Morgan fingerprint density at radius 2 is 1.27 bits per heavy atom. The molecule has 0 atom stereocenters. The van der Waals surface area contributed by atoms with Gasteiger partial charge in [0.2, 0.25) is 0 Å². The Morgan fingerprint density at radius 1 is 0.909 bits per heavy atom. The molecule has 0 unspecified atom stereocenters. The molecule has 1 rings (SSSR count). The number of thiol groups is 1. The molecule has 0 spiro atoms. The van der Waals surface area contributed by atoms with Gasteiger partial charge in [0.1, 0.15) is 0 Å². The Hall–Kier alpha value is -0.430. The molecule has 1 aromatic rings. The van der Waals surface area contributed by atoms with Gasteiger partial charge < -0.3 is 0 Å². The van der Waals surface area contributed by atoms with E-state index in [1.807, 2.05) is 36.4 Å². The van der Waals surface area contributed by atoms with Crippen LogP contribution < -0.4 is 0 Å². The Labute approximate surface area is 75.1 Å². The van der Waals surface area contributed by atoms with E-state index in [0.717, 1.165) is 5.75 Å². The molecule has 1 aromatic carbocycles. The maximum atomic E-state index is 4.00. The van der Waals surface area contributed by atoms with Gasteiger partial charge in [-0.3, -0.25) is 0 Å². The maximum Gasteiger partial charge on any atom is -0.00980 e. The van der Waals surface area contributed by atoms with Gasteiger partial charge in [-0.1, -0.05) is 49.7 Å². The summed E-state index contributed by atoms with van der Waals surface area (Å²) in [6, 6.07) is 12.0. The van der Waals surface area contributed by atoms with E-state index in [2.05, 4.69) is 19.6 Å². The van der Waals surface area contributed by atoms with Gasteiger partial charge in [0.15, 0.2) is 0 Å². The van der Waals surface area contributed by atoms with Crippen molar-refractivity contribution in [1.82, 2.24) is 0 Å². The molecule has 0 saturated carbocycles. The average molecular weight is 168 g/mol. The van der Waals surface area contributed by atoms with Gasteiger partial charge in [0.05, 0.1) is 0 Å². The average Bonchev–Trinajstić information content (AvgIpc) is 2.10. The van der Waals surface area contributed by atoms with Crippen LogP contribution in [0.15, 0.2) is 36.4 Å². The van der Waals surface area contributed by atoms with Gasteiger partial charge in [-0.05, 0) is 12.2 Å². The molecule has 0 heterocycles. The third kappa shape index (κ3) is 9.57. The Balaban J connectivity index is 0.000000187. The lowest BCUT2D eigenvalue weighted by Crippen LogP contribution is -1.65. The quantitative estimate of drug-likeness (QED) is 0.643.